The number of carbonyl (C=O) groups is 2. The number of nitrogen functional groups attached to an aromatic ring is 2. The molecule has 1 saturated heterocycles. The maximum absolute atomic E-state index is 12.8. The molecule has 4 heterocycles. The van der Waals surface area contributed by atoms with Crippen LogP contribution in [-0.2, 0) is 11.2 Å². The van der Waals surface area contributed by atoms with E-state index in [-0.39, 0.29) is 33.9 Å². The molecule has 14 nitrogen and oxygen atoms in total. The summed E-state index contributed by atoms with van der Waals surface area (Å²) in [5.41, 5.74) is 11.7. The zero-order valence-corrected chi connectivity index (χ0v) is 22.6. The third-order valence-corrected chi connectivity index (χ3v) is 7.22. The average molecular weight is 569 g/mol. The van der Waals surface area contributed by atoms with Crippen molar-refractivity contribution in [1.82, 2.24) is 35.6 Å². The van der Waals surface area contributed by atoms with Crippen LogP contribution in [0, 0.1) is 0 Å². The van der Waals surface area contributed by atoms with Crippen LogP contribution in [0.2, 0.25) is 5.15 Å². The van der Waals surface area contributed by atoms with Gasteiger partial charge in [0.15, 0.2) is 28.4 Å². The molecule has 0 aliphatic carbocycles. The maximum Gasteiger partial charge on any atom is 0.280 e. The van der Waals surface area contributed by atoms with Crippen molar-refractivity contribution in [3.63, 3.8) is 0 Å². The van der Waals surface area contributed by atoms with Gasteiger partial charge in [0.05, 0.1) is 19.2 Å². The Morgan fingerprint density at radius 2 is 1.90 bits per heavy atom. The second-order valence-corrected chi connectivity index (χ2v) is 9.99. The van der Waals surface area contributed by atoms with Crippen molar-refractivity contribution in [3.05, 3.63) is 41.0 Å². The van der Waals surface area contributed by atoms with Crippen molar-refractivity contribution in [2.75, 3.05) is 38.2 Å². The fourth-order valence-corrected chi connectivity index (χ4v) is 4.76. The molecule has 1 spiro atoms. The van der Waals surface area contributed by atoms with Gasteiger partial charge in [0.1, 0.15) is 5.75 Å². The van der Waals surface area contributed by atoms with Crippen LogP contribution < -0.4 is 26.8 Å². The summed E-state index contributed by atoms with van der Waals surface area (Å²) in [6, 6.07) is 7.39. The number of nitrogens with one attached hydrogen (secondary N) is 2. The highest BCUT2D eigenvalue weighted by Crippen LogP contribution is 2.27. The summed E-state index contributed by atoms with van der Waals surface area (Å²) in [5, 5.41) is 9.88. The van der Waals surface area contributed by atoms with Gasteiger partial charge in [-0.25, -0.2) is 9.97 Å². The first-order valence-corrected chi connectivity index (χ1v) is 13.1. The van der Waals surface area contributed by atoms with Crippen LogP contribution in [0.15, 0.2) is 33.8 Å². The van der Waals surface area contributed by atoms with Crippen molar-refractivity contribution >= 4 is 41.0 Å². The van der Waals surface area contributed by atoms with Gasteiger partial charge in [-0.2, -0.15) is 4.98 Å². The van der Waals surface area contributed by atoms with Gasteiger partial charge < -0.3 is 30.9 Å². The van der Waals surface area contributed by atoms with Crippen molar-refractivity contribution in [3.8, 4) is 17.1 Å². The molecule has 15 heteroatoms. The van der Waals surface area contributed by atoms with E-state index in [9.17, 15) is 9.59 Å². The number of aliphatic imine (C=N–C) groups is 1. The molecular formula is C25H29ClN10O4. The van der Waals surface area contributed by atoms with Gasteiger partial charge in [-0.1, -0.05) is 16.8 Å². The normalized spacial score (nSPS) is 15.9. The lowest BCUT2D eigenvalue weighted by molar-refractivity contribution is -0.132. The number of hydrogen-bond donors (Lipinski definition) is 4. The molecule has 6 N–H and O–H groups in total. The molecule has 210 valence electrons. The largest absolute Gasteiger partial charge is 0.497 e. The van der Waals surface area contributed by atoms with Gasteiger partial charge in [0, 0.05) is 31.5 Å². The topological polar surface area (TPSA) is 200 Å². The first-order valence-electron chi connectivity index (χ1n) is 12.7. The monoisotopic (exact) mass is 568 g/mol. The fraction of sp³-hybridized carbons (Fsp3) is 0.400. The number of nitrogens with two attached hydrogens (primary N) is 2. The Labute approximate surface area is 234 Å². The van der Waals surface area contributed by atoms with Crippen molar-refractivity contribution in [2.45, 2.75) is 37.6 Å². The third-order valence-electron chi connectivity index (χ3n) is 6.95. The molecule has 1 fully saturated rings. The SMILES string of the molecule is COc1ccc(-c2noc(CCCC(=O)N3CCC4(CC3)CN=C(NC(=O)c3nc(Cl)c(N)nc3N)N4)n2)cc1. The van der Waals surface area contributed by atoms with Crippen LogP contribution in [0.4, 0.5) is 11.6 Å². The number of ether oxygens (including phenoxy) is 1. The number of hydrogen-bond acceptors (Lipinski definition) is 12. The van der Waals surface area contributed by atoms with E-state index in [4.69, 9.17) is 32.3 Å². The molecule has 2 aliphatic rings. The summed E-state index contributed by atoms with van der Waals surface area (Å²) >= 11 is 5.87. The standard InChI is InChI=1S/C25H29ClN10O4/c1-39-15-7-5-14(6-8-15)22-30-16(40-35-22)3-2-4-17(37)36-11-9-25(10-12-36)13-29-24(34-25)33-23(38)18-20(27)32-21(28)19(26)31-18/h5-8H,2-4,9-13H2,1H3,(H4,27,28,32)(H2,29,33,34,38). The second-order valence-electron chi connectivity index (χ2n) is 9.63. The van der Waals surface area contributed by atoms with E-state index in [2.05, 4.69) is 35.7 Å². The Morgan fingerprint density at radius 1 is 1.15 bits per heavy atom. The molecule has 0 unspecified atom stereocenters. The molecule has 2 aliphatic heterocycles. The van der Waals surface area contributed by atoms with Crippen LogP contribution >= 0.6 is 11.6 Å². The molecule has 3 aromatic rings. The van der Waals surface area contributed by atoms with E-state index in [0.717, 1.165) is 11.3 Å². The average Bonchev–Trinajstić information content (AvgIpc) is 3.58. The van der Waals surface area contributed by atoms with Crippen LogP contribution in [0.3, 0.4) is 0 Å². The fourth-order valence-electron chi connectivity index (χ4n) is 4.64. The number of guanidine groups is 1. The van der Waals surface area contributed by atoms with E-state index in [1.165, 1.54) is 0 Å². The number of piperidine rings is 1. The second kappa shape index (κ2) is 11.3. The molecule has 2 amide bonds. The summed E-state index contributed by atoms with van der Waals surface area (Å²) in [5.74, 6) is 1.35. The minimum atomic E-state index is -0.597. The highest BCUT2D eigenvalue weighted by molar-refractivity contribution is 6.31. The quantitative estimate of drug-likeness (QED) is 0.321. The van der Waals surface area contributed by atoms with Gasteiger partial charge >= 0.3 is 0 Å². The van der Waals surface area contributed by atoms with E-state index in [1.54, 1.807) is 7.11 Å². The summed E-state index contributed by atoms with van der Waals surface area (Å²) < 4.78 is 10.5. The summed E-state index contributed by atoms with van der Waals surface area (Å²) in [6.07, 6.45) is 2.87. The van der Waals surface area contributed by atoms with Crippen LogP contribution in [0.1, 0.15) is 42.1 Å². The third kappa shape index (κ3) is 5.91. The minimum absolute atomic E-state index is 0.0548. The Bertz CT molecular complexity index is 1430. The Balaban J connectivity index is 1.05. The molecule has 40 heavy (non-hydrogen) atoms. The van der Waals surface area contributed by atoms with Crippen molar-refractivity contribution in [2.24, 2.45) is 4.99 Å². The highest BCUT2D eigenvalue weighted by atomic mass is 35.5. The van der Waals surface area contributed by atoms with Gasteiger partial charge in [-0.05, 0) is 43.5 Å². The summed E-state index contributed by atoms with van der Waals surface area (Å²) in [7, 11) is 1.61. The van der Waals surface area contributed by atoms with Crippen LogP contribution in [0.5, 0.6) is 5.75 Å². The number of carbonyl (C=O) groups excluding carboxylic acids is 2. The molecule has 2 aromatic heterocycles. The zero-order valence-electron chi connectivity index (χ0n) is 21.8. The molecule has 0 saturated carbocycles. The van der Waals surface area contributed by atoms with E-state index >= 15 is 0 Å². The van der Waals surface area contributed by atoms with Gasteiger partial charge in [-0.15, -0.1) is 0 Å². The smallest absolute Gasteiger partial charge is 0.280 e. The number of halogens is 1. The van der Waals surface area contributed by atoms with Crippen LogP contribution in [0.25, 0.3) is 11.4 Å². The zero-order chi connectivity index (χ0) is 28.3. The number of nitrogens with zero attached hydrogens (tertiary/aromatic N) is 6. The predicted octanol–water partition coefficient (Wildman–Crippen LogP) is 1.43. The van der Waals surface area contributed by atoms with E-state index in [0.29, 0.717) is 69.4 Å². The predicted molar refractivity (Wildman–Crippen MR) is 147 cm³/mol. The Hall–Kier alpha value is -4.46. The molecule has 0 atom stereocenters. The van der Waals surface area contributed by atoms with Gasteiger partial charge in [-0.3, -0.25) is 19.9 Å². The summed E-state index contributed by atoms with van der Waals surface area (Å²) in [4.78, 5) is 43.9. The summed E-state index contributed by atoms with van der Waals surface area (Å²) in [6.45, 7) is 1.63. The van der Waals surface area contributed by atoms with Gasteiger partial charge in [0.2, 0.25) is 17.6 Å². The lowest BCUT2D eigenvalue weighted by atomic mass is 9.88. The number of rotatable bonds is 7. The van der Waals surface area contributed by atoms with Gasteiger partial charge in [0.25, 0.3) is 5.91 Å². The first-order chi connectivity index (χ1) is 19.2. The van der Waals surface area contributed by atoms with Crippen LogP contribution in [-0.4, -0.2) is 75.1 Å². The Morgan fingerprint density at radius 3 is 2.62 bits per heavy atom. The number of aryl methyl sites for hydroxylation is 1. The molecule has 1 aromatic carbocycles. The lowest BCUT2D eigenvalue weighted by Gasteiger charge is -2.39. The molecule has 5 rings (SSSR count). The number of benzene rings is 1. The number of anilines is 2. The molecular weight excluding hydrogens is 540 g/mol. The Kier molecular flexibility index (Phi) is 7.69. The first kappa shape index (κ1) is 27.1. The molecule has 0 bridgehead atoms. The van der Waals surface area contributed by atoms with E-state index in [1.807, 2.05) is 29.2 Å². The van der Waals surface area contributed by atoms with Crippen molar-refractivity contribution in [1.29, 1.82) is 0 Å². The number of likely N-dealkylation sites (tertiary alicyclic amines) is 1. The number of aromatic nitrogens is 4. The number of methoxy groups -OCH3 is 1. The van der Waals surface area contributed by atoms with E-state index < -0.39 is 5.91 Å². The molecule has 0 radical (unpaired) electrons. The lowest BCUT2D eigenvalue weighted by Crippen LogP contribution is -2.56. The van der Waals surface area contributed by atoms with Crippen molar-refractivity contribution < 1.29 is 18.8 Å². The maximum atomic E-state index is 12.8. The number of amides is 2. The minimum Gasteiger partial charge on any atom is -0.497 e. The highest BCUT2D eigenvalue weighted by Gasteiger charge is 2.40.